The number of aromatic nitrogens is 3. The van der Waals surface area contributed by atoms with Gasteiger partial charge in [-0.15, -0.1) is 0 Å². The number of anilines is 3. The fraction of sp³-hybridized carbons (Fsp3) is 0.208. The third-order valence-electron chi connectivity index (χ3n) is 5.58. The molecule has 1 fully saturated rings. The number of thioether (sulfide) groups is 1. The lowest BCUT2D eigenvalue weighted by Crippen LogP contribution is -2.32. The van der Waals surface area contributed by atoms with Crippen molar-refractivity contribution in [2.24, 2.45) is 0 Å². The van der Waals surface area contributed by atoms with Crippen LogP contribution in [0.15, 0.2) is 65.8 Å². The normalized spacial score (nSPS) is 14.0. The minimum Gasteiger partial charge on any atom is -0.370 e. The molecule has 0 unspecified atom stereocenters. The van der Waals surface area contributed by atoms with Crippen molar-refractivity contribution in [1.29, 1.82) is 0 Å². The Hall–Kier alpha value is -3.32. The molecule has 156 valence electrons. The summed E-state index contributed by atoms with van der Waals surface area (Å²) < 4.78 is 0. The second-order valence-corrected chi connectivity index (χ2v) is 8.81. The molecular formula is C24H23N5OS. The monoisotopic (exact) mass is 429 g/mol. The van der Waals surface area contributed by atoms with E-state index in [1.165, 1.54) is 17.2 Å². The van der Waals surface area contributed by atoms with E-state index in [1.807, 2.05) is 55.2 Å². The lowest BCUT2D eigenvalue weighted by molar-refractivity contribution is 0.859. The van der Waals surface area contributed by atoms with E-state index in [2.05, 4.69) is 32.3 Å². The summed E-state index contributed by atoms with van der Waals surface area (Å²) in [5.74, 6) is 2.87. The molecule has 0 saturated carbocycles. The van der Waals surface area contributed by atoms with Crippen molar-refractivity contribution in [2.45, 2.75) is 6.92 Å². The summed E-state index contributed by atoms with van der Waals surface area (Å²) in [6.07, 6.45) is 5.25. The topological polar surface area (TPSA) is 73.9 Å². The number of aromatic amines is 1. The van der Waals surface area contributed by atoms with Crippen LogP contribution in [0.3, 0.4) is 0 Å². The molecule has 1 aliphatic heterocycles. The number of benzene rings is 1. The predicted octanol–water partition coefficient (Wildman–Crippen LogP) is 4.59. The number of fused-ring (bicyclic) bond motifs is 1. The van der Waals surface area contributed by atoms with Gasteiger partial charge < -0.3 is 15.2 Å². The van der Waals surface area contributed by atoms with Gasteiger partial charge in [-0.25, -0.2) is 4.98 Å². The number of nitrogens with zero attached hydrogens (tertiary/aromatic N) is 3. The minimum absolute atomic E-state index is 0.163. The van der Waals surface area contributed by atoms with Crippen LogP contribution in [0.4, 0.5) is 17.2 Å². The van der Waals surface area contributed by atoms with Crippen LogP contribution in [-0.2, 0) is 0 Å². The fourth-order valence-corrected chi connectivity index (χ4v) is 4.79. The number of hydrogen-bond acceptors (Lipinski definition) is 6. The Kier molecular flexibility index (Phi) is 5.34. The van der Waals surface area contributed by atoms with Gasteiger partial charge in [-0.05, 0) is 60.3 Å². The van der Waals surface area contributed by atoms with E-state index in [-0.39, 0.29) is 5.56 Å². The molecule has 5 rings (SSSR count). The summed E-state index contributed by atoms with van der Waals surface area (Å²) >= 11 is 2.00. The number of H-pyrrole nitrogens is 1. The molecule has 4 aromatic rings. The van der Waals surface area contributed by atoms with Crippen molar-refractivity contribution in [3.63, 3.8) is 0 Å². The van der Waals surface area contributed by atoms with E-state index in [4.69, 9.17) is 4.98 Å². The summed E-state index contributed by atoms with van der Waals surface area (Å²) in [5.41, 5.74) is 4.78. The van der Waals surface area contributed by atoms with Gasteiger partial charge in [-0.3, -0.25) is 9.78 Å². The first-order chi connectivity index (χ1) is 15.2. The van der Waals surface area contributed by atoms with Crippen LogP contribution in [-0.4, -0.2) is 39.5 Å². The van der Waals surface area contributed by atoms with Crippen LogP contribution < -0.4 is 15.8 Å². The van der Waals surface area contributed by atoms with Gasteiger partial charge in [0.15, 0.2) is 0 Å². The van der Waals surface area contributed by atoms with E-state index >= 15 is 0 Å². The third-order valence-corrected chi connectivity index (χ3v) is 6.52. The standard InChI is InChI=1S/C24H23N5OS/c1-16-6-8-25-15-20(16)21-14-17-7-9-26-24(30)22(17)23(28-21)27-18-2-4-19(5-3-18)29-10-12-31-13-11-29/h2-9,14-15H,10-13H2,1H3,(H,26,30)(H,27,28). The van der Waals surface area contributed by atoms with E-state index in [1.54, 1.807) is 12.4 Å². The van der Waals surface area contributed by atoms with Gasteiger partial charge >= 0.3 is 0 Å². The molecule has 6 nitrogen and oxygen atoms in total. The number of nitrogens with one attached hydrogen (secondary N) is 2. The second-order valence-electron chi connectivity index (χ2n) is 7.59. The first kappa shape index (κ1) is 19.6. The SMILES string of the molecule is Cc1ccncc1-c1cc2cc[nH]c(=O)c2c(Nc2ccc(N3CCSCC3)cc2)n1. The zero-order valence-electron chi connectivity index (χ0n) is 17.3. The van der Waals surface area contributed by atoms with Crippen LogP contribution >= 0.6 is 11.8 Å². The zero-order valence-corrected chi connectivity index (χ0v) is 18.1. The highest BCUT2D eigenvalue weighted by atomic mass is 32.2. The minimum atomic E-state index is -0.163. The Morgan fingerprint density at radius 2 is 1.90 bits per heavy atom. The molecule has 0 radical (unpaired) electrons. The van der Waals surface area contributed by atoms with Gasteiger partial charge in [0.05, 0.1) is 11.1 Å². The molecule has 2 N–H and O–H groups in total. The molecule has 4 heterocycles. The summed E-state index contributed by atoms with van der Waals surface area (Å²) in [6.45, 7) is 4.18. The van der Waals surface area contributed by atoms with Crippen LogP contribution in [0.5, 0.6) is 0 Å². The lowest BCUT2D eigenvalue weighted by atomic mass is 10.1. The van der Waals surface area contributed by atoms with Gasteiger partial charge in [-0.1, -0.05) is 0 Å². The Labute approximate surface area is 184 Å². The van der Waals surface area contributed by atoms with Crippen molar-refractivity contribution in [3.8, 4) is 11.3 Å². The van der Waals surface area contributed by atoms with E-state index in [0.717, 1.165) is 41.0 Å². The maximum atomic E-state index is 12.6. The van der Waals surface area contributed by atoms with E-state index in [9.17, 15) is 4.79 Å². The smallest absolute Gasteiger partial charge is 0.259 e. The molecule has 0 atom stereocenters. The van der Waals surface area contributed by atoms with Gasteiger partial charge in [0.25, 0.3) is 5.56 Å². The number of aryl methyl sites for hydroxylation is 1. The average molecular weight is 430 g/mol. The Balaban J connectivity index is 1.54. The molecule has 0 amide bonds. The van der Waals surface area contributed by atoms with Crippen LogP contribution in [0.1, 0.15) is 5.56 Å². The van der Waals surface area contributed by atoms with Crippen LogP contribution in [0.2, 0.25) is 0 Å². The summed E-state index contributed by atoms with van der Waals surface area (Å²) in [4.78, 5) is 26.9. The van der Waals surface area contributed by atoms with Crippen molar-refractivity contribution in [1.82, 2.24) is 15.0 Å². The third kappa shape index (κ3) is 4.01. The zero-order chi connectivity index (χ0) is 21.2. The number of pyridine rings is 3. The van der Waals surface area contributed by atoms with Gasteiger partial charge in [0, 0.05) is 60.1 Å². The largest absolute Gasteiger partial charge is 0.370 e. The summed E-state index contributed by atoms with van der Waals surface area (Å²) in [7, 11) is 0. The first-order valence-corrected chi connectivity index (χ1v) is 11.5. The number of hydrogen-bond donors (Lipinski definition) is 2. The van der Waals surface area contributed by atoms with Gasteiger partial charge in [0.2, 0.25) is 0 Å². The molecular weight excluding hydrogens is 406 g/mol. The van der Waals surface area contributed by atoms with Crippen molar-refractivity contribution < 1.29 is 0 Å². The molecule has 1 aliphatic rings. The molecule has 0 bridgehead atoms. The molecule has 0 aliphatic carbocycles. The second kappa shape index (κ2) is 8.43. The average Bonchev–Trinajstić information content (AvgIpc) is 2.80. The van der Waals surface area contributed by atoms with E-state index in [0.29, 0.717) is 11.2 Å². The van der Waals surface area contributed by atoms with Crippen molar-refractivity contribution >= 4 is 39.7 Å². The highest BCUT2D eigenvalue weighted by molar-refractivity contribution is 7.99. The van der Waals surface area contributed by atoms with E-state index < -0.39 is 0 Å². The predicted molar refractivity (Wildman–Crippen MR) is 130 cm³/mol. The quantitative estimate of drug-likeness (QED) is 0.494. The Bertz CT molecular complexity index is 1280. The van der Waals surface area contributed by atoms with Crippen LogP contribution in [0.25, 0.3) is 22.0 Å². The lowest BCUT2D eigenvalue weighted by Gasteiger charge is -2.28. The molecule has 0 spiro atoms. The van der Waals surface area contributed by atoms with Crippen molar-refractivity contribution in [3.05, 3.63) is 77.0 Å². The highest BCUT2D eigenvalue weighted by Crippen LogP contribution is 2.30. The molecule has 7 heteroatoms. The summed E-state index contributed by atoms with van der Waals surface area (Å²) in [6, 6.07) is 14.1. The number of rotatable bonds is 4. The van der Waals surface area contributed by atoms with Crippen molar-refractivity contribution in [2.75, 3.05) is 34.8 Å². The van der Waals surface area contributed by atoms with Crippen LogP contribution in [0, 0.1) is 6.92 Å². The Morgan fingerprint density at radius 3 is 2.68 bits per heavy atom. The van der Waals surface area contributed by atoms with Gasteiger partial charge in [0.1, 0.15) is 5.82 Å². The van der Waals surface area contributed by atoms with Gasteiger partial charge in [-0.2, -0.15) is 11.8 Å². The molecule has 31 heavy (non-hydrogen) atoms. The Morgan fingerprint density at radius 1 is 1.10 bits per heavy atom. The first-order valence-electron chi connectivity index (χ1n) is 10.3. The summed E-state index contributed by atoms with van der Waals surface area (Å²) in [5, 5.41) is 4.75. The molecule has 1 aromatic carbocycles. The fourth-order valence-electron chi connectivity index (χ4n) is 3.89. The highest BCUT2D eigenvalue weighted by Gasteiger charge is 2.14. The maximum absolute atomic E-state index is 12.6. The molecule has 1 saturated heterocycles. The molecule has 3 aromatic heterocycles. The maximum Gasteiger partial charge on any atom is 0.259 e.